The first-order valence-corrected chi connectivity index (χ1v) is 32.7. The van der Waals surface area contributed by atoms with Gasteiger partial charge in [-0.25, -0.2) is 24.5 Å². The standard InChI is InChI=1S/C24H17BrF3NO4.C22H13BrF3NO4.C13H8BrNO2.C11H10BrF3O2.CH2O3.4CH4.2K.Li.H2O.H/c1-2-31-23(30)21(14-6-5-7-15(12-14)24(26,27)28)32-19-11-10-16(25)13-17(19)22-29-18-8-3-4-9-20(18)33-22;23-14-8-9-17(15(11-14)20-27-16-6-1-2-7-18(16)31-20)30-19(21(28)29)12-4-3-5-13(10-12)22(24,25)26;14-8-5-6-11(16)9(7-8)13-15-10-3-1-2-4-12(10)17-13;1-2-17-10(16)9(12)7-4-3-5-8(6-7)11(13,14)15;2-1-4-3;;;;;;;;;/h3-13,21H,2H2,1H3;1-11,19H,(H,28,29);1-7,16H;3-6,9H,2H2,1H3;1,3H;4*1H4;;;;1H2;/q;;;;;;;;;3*+1;;-1/p-2. The van der Waals surface area contributed by atoms with Crippen LogP contribution in [0, 0.1) is 0 Å². The van der Waals surface area contributed by atoms with E-state index in [1.807, 2.05) is 30.3 Å². The van der Waals surface area contributed by atoms with Crippen molar-refractivity contribution in [2.75, 3.05) is 13.2 Å². The molecule has 0 aliphatic carbocycles. The molecule has 0 saturated heterocycles. The number of halogens is 13. The first-order chi connectivity index (χ1) is 48.5. The Balaban J connectivity index is 0. The van der Waals surface area contributed by atoms with Crippen LogP contribution >= 0.6 is 63.7 Å². The van der Waals surface area contributed by atoms with Crippen LogP contribution in [0.5, 0.6) is 17.2 Å². The summed E-state index contributed by atoms with van der Waals surface area (Å²) in [5.74, 6) is -1.57. The number of aromatic hydroxyl groups is 1. The van der Waals surface area contributed by atoms with E-state index in [9.17, 15) is 64.1 Å². The molecule has 0 aliphatic heterocycles. The molecule has 0 saturated carbocycles. The van der Waals surface area contributed by atoms with Crippen molar-refractivity contribution in [3.63, 3.8) is 0 Å². The SMILES string of the molecule is C.C.C.C.CCOC(=O)C(Br)c1cccc(C(F)(F)F)c1.CCOC(=O)C(Oc1ccc(Br)cc1-c1nc2ccccc2o1)c1cccc(C(F)(F)F)c1.O=C(O)C(Oc1ccc(Br)cc1-c1nc2ccccc2o1)c1cccc(C(F)(F)F)c1.O=CO[O-].Oc1ccc(Br)cc1-c1nc2ccccc2o1.[H-].[K+].[K+].[Li+].[OH-]. The molecule has 0 bridgehead atoms. The van der Waals surface area contributed by atoms with Gasteiger partial charge in [0, 0.05) is 24.5 Å². The summed E-state index contributed by atoms with van der Waals surface area (Å²) in [6, 6.07) is 49.6. The predicted molar refractivity (Wildman–Crippen MR) is 394 cm³/mol. The van der Waals surface area contributed by atoms with E-state index in [2.05, 4.69) is 83.6 Å². The fourth-order valence-electron chi connectivity index (χ4n) is 9.15. The monoisotopic (exact) mass is 1840 g/mol. The molecule has 19 nitrogen and oxygen atoms in total. The van der Waals surface area contributed by atoms with E-state index in [4.69, 9.17) is 42.3 Å². The number of phenols is 1. The molecule has 0 aliphatic rings. The Bertz CT molecular complexity index is 4830. The number of carbonyl (C=O) groups excluding carboxylic acids is 3. The normalized spacial score (nSPS) is 11.2. The zero-order chi connectivity index (χ0) is 74.1. The molecule has 0 amide bonds. The van der Waals surface area contributed by atoms with E-state index in [0.29, 0.717) is 59.3 Å². The predicted octanol–water partition coefficient (Wildman–Crippen LogP) is 13.0. The Hall–Kier alpha value is -6.25. The van der Waals surface area contributed by atoms with Crippen LogP contribution in [0.4, 0.5) is 39.5 Å². The molecule has 110 heavy (non-hydrogen) atoms. The first kappa shape index (κ1) is 104. The second-order valence-corrected chi connectivity index (χ2v) is 24.3. The molecule has 3 unspecified atom stereocenters. The Morgan fingerprint density at radius 2 is 0.809 bits per heavy atom. The number of oxazole rings is 3. The van der Waals surface area contributed by atoms with Crippen molar-refractivity contribution in [3.8, 4) is 51.6 Å². The second kappa shape index (κ2) is 48.1. The molecule has 3 heterocycles. The van der Waals surface area contributed by atoms with Gasteiger partial charge in [-0.1, -0.05) is 172 Å². The average Bonchev–Trinajstić information content (AvgIpc) is 1.72. The van der Waals surface area contributed by atoms with Crippen LogP contribution in [0.1, 0.15) is 95.4 Å². The summed E-state index contributed by atoms with van der Waals surface area (Å²) in [5.41, 5.74) is 2.57. The number of aliphatic carboxylic acids is 1. The zero-order valence-corrected chi connectivity index (χ0v) is 68.3. The maximum absolute atomic E-state index is 13.3. The summed E-state index contributed by atoms with van der Waals surface area (Å²) in [4.78, 5) is 59.5. The number of nitrogens with zero attached hydrogens (tertiary/aromatic N) is 3. The molecule has 3 atom stereocenters. The van der Waals surface area contributed by atoms with Crippen molar-refractivity contribution in [1.82, 2.24) is 15.0 Å². The van der Waals surface area contributed by atoms with Gasteiger partial charge in [0.25, 0.3) is 6.47 Å². The van der Waals surface area contributed by atoms with Gasteiger partial charge in [0.05, 0.1) is 46.6 Å². The van der Waals surface area contributed by atoms with Gasteiger partial charge in [0.1, 0.15) is 38.6 Å². The molecule has 9 aromatic carbocycles. The summed E-state index contributed by atoms with van der Waals surface area (Å²) in [6.07, 6.45) is -16.7. The van der Waals surface area contributed by atoms with Crippen LogP contribution in [0.2, 0.25) is 0 Å². The number of phenolic OH excluding ortho intramolecular Hbond substituents is 1. The Labute approximate surface area is 757 Å². The maximum atomic E-state index is 13.3. The van der Waals surface area contributed by atoms with E-state index in [0.717, 1.165) is 52.5 Å². The Morgan fingerprint density at radius 3 is 1.16 bits per heavy atom. The van der Waals surface area contributed by atoms with E-state index >= 15 is 0 Å². The number of ether oxygens (including phenoxy) is 4. The van der Waals surface area contributed by atoms with Crippen molar-refractivity contribution in [2.45, 2.75) is 79.1 Å². The van der Waals surface area contributed by atoms with Gasteiger partial charge < -0.3 is 59.5 Å². The first-order valence-electron chi connectivity index (χ1n) is 29.4. The van der Waals surface area contributed by atoms with E-state index in [1.54, 1.807) is 105 Å². The second-order valence-electron chi connectivity index (χ2n) is 20.7. The quantitative estimate of drug-likeness (QED) is 0.0173. The van der Waals surface area contributed by atoms with Crippen LogP contribution in [-0.4, -0.2) is 68.2 Å². The van der Waals surface area contributed by atoms with E-state index in [-0.39, 0.29) is 224 Å². The van der Waals surface area contributed by atoms with Gasteiger partial charge >= 0.3 is 158 Å². The van der Waals surface area contributed by atoms with Crippen LogP contribution in [0.3, 0.4) is 0 Å². The largest absolute Gasteiger partial charge is 1.00 e. The fourth-order valence-corrected chi connectivity index (χ4v) is 10.7. The van der Waals surface area contributed by atoms with Crippen molar-refractivity contribution in [3.05, 3.63) is 247 Å². The minimum atomic E-state index is -4.61. The minimum absolute atomic E-state index is 0. The van der Waals surface area contributed by atoms with Gasteiger partial charge in [0.15, 0.2) is 16.7 Å². The molecule has 12 aromatic rings. The molecule has 0 fully saturated rings. The average molecular weight is 1840 g/mol. The third-order valence-corrected chi connectivity index (χ3v) is 16.1. The number of carbonyl (C=O) groups is 4. The van der Waals surface area contributed by atoms with Crippen LogP contribution in [0.15, 0.2) is 227 Å². The number of carboxylic acids is 1. The summed E-state index contributed by atoms with van der Waals surface area (Å²) in [5, 5.41) is 27.9. The van der Waals surface area contributed by atoms with Gasteiger partial charge in [0.2, 0.25) is 29.9 Å². The molecule has 35 heteroatoms. The molecule has 0 spiro atoms. The number of carboxylic acid groups (broad SMARTS) is 1. The Morgan fingerprint density at radius 1 is 0.491 bits per heavy atom. The number of fused-ring (bicyclic) bond motifs is 3. The number of aromatic nitrogens is 3. The third-order valence-electron chi connectivity index (χ3n) is 13.7. The molecular formula is C75H67Br4F9K2LiN3O16. The Kier molecular flexibility index (Phi) is 45.3. The molecule has 3 N–H and O–H groups in total. The molecule has 0 radical (unpaired) electrons. The van der Waals surface area contributed by atoms with E-state index < -0.39 is 70.2 Å². The number of hydrogen-bond donors (Lipinski definition) is 2. The van der Waals surface area contributed by atoms with Crippen LogP contribution in [0.25, 0.3) is 67.7 Å². The fraction of sp³-hybridized carbons (Fsp3) is 0.187. The third kappa shape index (κ3) is 29.0. The van der Waals surface area contributed by atoms with Gasteiger partial charge in [-0.05, 0) is 141 Å². The number of hydrogen-bond acceptors (Lipinski definition) is 18. The minimum Gasteiger partial charge on any atom is -1.00 e. The topological polar surface area (TPSA) is 286 Å². The molecule has 3 aromatic heterocycles. The summed E-state index contributed by atoms with van der Waals surface area (Å²) >= 11 is 13.1. The zero-order valence-electron chi connectivity index (χ0n) is 56.7. The van der Waals surface area contributed by atoms with Gasteiger partial charge in [-0.2, -0.15) is 39.5 Å². The number of rotatable bonds is 16. The smallest absolute Gasteiger partial charge is 1.00 e. The van der Waals surface area contributed by atoms with Gasteiger partial charge in [-0.15, -0.1) is 0 Å². The maximum Gasteiger partial charge on any atom is 1.00 e. The van der Waals surface area contributed by atoms with Crippen LogP contribution < -0.4 is 136 Å². The van der Waals surface area contributed by atoms with Crippen molar-refractivity contribution in [1.29, 1.82) is 0 Å². The number of alkyl halides is 10. The number of para-hydroxylation sites is 6. The molecule has 12 rings (SSSR count). The van der Waals surface area contributed by atoms with Crippen molar-refractivity contribution >= 4 is 121 Å². The van der Waals surface area contributed by atoms with Crippen LogP contribution in [-0.2, 0) is 52.1 Å². The molecular weight excluding hydrogens is 1770 g/mol. The summed E-state index contributed by atoms with van der Waals surface area (Å²) in [7, 11) is 0. The summed E-state index contributed by atoms with van der Waals surface area (Å²) < 4.78 is 157. The van der Waals surface area contributed by atoms with Crippen molar-refractivity contribution in [2.24, 2.45) is 0 Å². The van der Waals surface area contributed by atoms with Crippen molar-refractivity contribution < 1.29 is 240 Å². The number of esters is 2. The van der Waals surface area contributed by atoms with E-state index in [1.165, 1.54) is 36.4 Å². The van der Waals surface area contributed by atoms with Gasteiger partial charge in [-0.3, -0.25) is 9.59 Å². The molecule has 572 valence electrons. The summed E-state index contributed by atoms with van der Waals surface area (Å²) in [6.45, 7) is 3.27. The number of benzene rings is 9.